The fraction of sp³-hybridized carbons (Fsp3) is 0.519. The number of rotatable bonds is 5. The van der Waals surface area contributed by atoms with Crippen LogP contribution in [0.5, 0.6) is 0 Å². The highest BCUT2D eigenvalue weighted by Crippen LogP contribution is 2.34. The molecule has 210 valence electrons. The maximum atomic E-state index is 12.9. The van der Waals surface area contributed by atoms with Crippen molar-refractivity contribution in [1.29, 1.82) is 0 Å². The van der Waals surface area contributed by atoms with Crippen molar-refractivity contribution in [2.45, 2.75) is 25.9 Å². The molecule has 2 aromatic rings. The van der Waals surface area contributed by atoms with Crippen LogP contribution < -0.4 is 15.1 Å². The van der Waals surface area contributed by atoms with Crippen LogP contribution in [0.1, 0.15) is 18.4 Å². The third kappa shape index (κ3) is 6.21. The van der Waals surface area contributed by atoms with Gasteiger partial charge in [-0.15, -0.1) is 0 Å². The Morgan fingerprint density at radius 2 is 1.82 bits per heavy atom. The predicted octanol–water partition coefficient (Wildman–Crippen LogP) is 4.57. The van der Waals surface area contributed by atoms with E-state index in [0.717, 1.165) is 22.5 Å². The molecule has 4 heterocycles. The number of hydrogen-bond donors (Lipinski definition) is 1. The number of anilines is 3. The molecule has 3 saturated heterocycles. The molecule has 0 saturated carbocycles. The molecule has 1 atom stereocenters. The number of pyridine rings is 1. The second-order valence-corrected chi connectivity index (χ2v) is 10.4. The number of carbonyl (C=O) groups excluding carboxylic acids is 2. The first-order valence-corrected chi connectivity index (χ1v) is 13.2. The molecule has 1 aromatic heterocycles. The molecule has 1 N–H and O–H groups in total. The molecule has 0 radical (unpaired) electrons. The molecule has 12 heteroatoms. The Labute approximate surface area is 225 Å². The molecular weight excluding hydrogens is 513 g/mol. The van der Waals surface area contributed by atoms with Gasteiger partial charge >= 0.3 is 18.2 Å². The van der Waals surface area contributed by atoms with Gasteiger partial charge in [0.15, 0.2) is 0 Å². The molecule has 5 rings (SSSR count). The molecule has 9 nitrogen and oxygen atoms in total. The van der Waals surface area contributed by atoms with Gasteiger partial charge in [-0.3, -0.25) is 4.90 Å². The highest BCUT2D eigenvalue weighted by Gasteiger charge is 2.36. The van der Waals surface area contributed by atoms with Gasteiger partial charge in [-0.2, -0.15) is 13.2 Å². The van der Waals surface area contributed by atoms with E-state index in [1.165, 1.54) is 4.90 Å². The van der Waals surface area contributed by atoms with E-state index in [0.29, 0.717) is 63.9 Å². The lowest BCUT2D eigenvalue weighted by atomic mass is 10.00. The maximum absolute atomic E-state index is 12.9. The summed E-state index contributed by atoms with van der Waals surface area (Å²) >= 11 is 0. The number of likely N-dealkylation sites (N-methyl/N-ethyl adjacent to an activating group) is 1. The van der Waals surface area contributed by atoms with Crippen LogP contribution in [0.3, 0.4) is 0 Å². The zero-order chi connectivity index (χ0) is 27.7. The minimum absolute atomic E-state index is 0.0823. The zero-order valence-electron chi connectivity index (χ0n) is 22.1. The molecule has 3 fully saturated rings. The zero-order valence-corrected chi connectivity index (χ0v) is 22.1. The summed E-state index contributed by atoms with van der Waals surface area (Å²) in [5.74, 6) is 0.727. The number of nitrogens with one attached hydrogen (secondary N) is 1. The van der Waals surface area contributed by atoms with Crippen molar-refractivity contribution in [2.75, 3.05) is 74.6 Å². The first-order chi connectivity index (χ1) is 18.6. The van der Waals surface area contributed by atoms with Crippen LogP contribution in [0.15, 0.2) is 30.3 Å². The number of aromatic nitrogens is 1. The van der Waals surface area contributed by atoms with E-state index in [2.05, 4.69) is 10.2 Å². The van der Waals surface area contributed by atoms with E-state index >= 15 is 0 Å². The van der Waals surface area contributed by atoms with E-state index in [9.17, 15) is 22.8 Å². The molecule has 1 unspecified atom stereocenters. The Bertz CT molecular complexity index is 1230. The topological polar surface area (TPSA) is 81.2 Å². The highest BCUT2D eigenvalue weighted by atomic mass is 19.4. The number of likely N-dealkylation sites (tertiary alicyclic amines) is 1. The SMILES string of the molecule is Cc1ccc(NC(=O)N2CCC(CC(F)(F)F)C2)cc1-c1cc(N2CCOCC2)nc(N2CCN(C)C2=O)c1. The highest BCUT2D eigenvalue weighted by molar-refractivity contribution is 5.94. The van der Waals surface area contributed by atoms with Gasteiger partial charge in [-0.05, 0) is 60.2 Å². The van der Waals surface area contributed by atoms with Crippen LogP contribution in [-0.2, 0) is 4.74 Å². The summed E-state index contributed by atoms with van der Waals surface area (Å²) in [5.41, 5.74) is 3.23. The van der Waals surface area contributed by atoms with Gasteiger partial charge in [0.1, 0.15) is 11.6 Å². The fourth-order valence-electron chi connectivity index (χ4n) is 5.33. The average Bonchev–Trinajstić information content (AvgIpc) is 3.50. The summed E-state index contributed by atoms with van der Waals surface area (Å²) < 4.78 is 43.9. The Morgan fingerprint density at radius 1 is 1.08 bits per heavy atom. The van der Waals surface area contributed by atoms with E-state index in [1.807, 2.05) is 31.2 Å². The van der Waals surface area contributed by atoms with Gasteiger partial charge in [0.25, 0.3) is 0 Å². The molecule has 1 aromatic carbocycles. The summed E-state index contributed by atoms with van der Waals surface area (Å²) in [4.78, 5) is 37.4. The van der Waals surface area contributed by atoms with Crippen LogP contribution in [0, 0.1) is 12.8 Å². The second kappa shape index (κ2) is 10.9. The number of urea groups is 2. The molecule has 0 spiro atoms. The number of ether oxygens (including phenoxy) is 1. The predicted molar refractivity (Wildman–Crippen MR) is 142 cm³/mol. The van der Waals surface area contributed by atoms with Crippen LogP contribution >= 0.6 is 0 Å². The van der Waals surface area contributed by atoms with Crippen LogP contribution in [0.25, 0.3) is 11.1 Å². The number of alkyl halides is 3. The summed E-state index contributed by atoms with van der Waals surface area (Å²) in [6.07, 6.45) is -4.78. The third-order valence-electron chi connectivity index (χ3n) is 7.52. The number of hydrogen-bond acceptors (Lipinski definition) is 5. The Morgan fingerprint density at radius 3 is 2.51 bits per heavy atom. The molecule has 3 aliphatic rings. The monoisotopic (exact) mass is 546 g/mol. The fourth-order valence-corrected chi connectivity index (χ4v) is 5.33. The van der Waals surface area contributed by atoms with Crippen molar-refractivity contribution < 1.29 is 27.5 Å². The molecule has 39 heavy (non-hydrogen) atoms. The van der Waals surface area contributed by atoms with Crippen molar-refractivity contribution in [3.63, 3.8) is 0 Å². The first-order valence-electron chi connectivity index (χ1n) is 13.2. The van der Waals surface area contributed by atoms with E-state index in [1.54, 1.807) is 22.9 Å². The van der Waals surface area contributed by atoms with Crippen molar-refractivity contribution in [3.8, 4) is 11.1 Å². The number of aryl methyl sites for hydroxylation is 1. The van der Waals surface area contributed by atoms with Gasteiger partial charge in [0.2, 0.25) is 0 Å². The minimum Gasteiger partial charge on any atom is -0.378 e. The molecule has 3 aliphatic heterocycles. The Balaban J connectivity index is 1.40. The van der Waals surface area contributed by atoms with Crippen LogP contribution in [0.2, 0.25) is 0 Å². The third-order valence-corrected chi connectivity index (χ3v) is 7.52. The lowest BCUT2D eigenvalue weighted by Crippen LogP contribution is -2.37. The van der Waals surface area contributed by atoms with Crippen LogP contribution in [0.4, 0.5) is 40.1 Å². The van der Waals surface area contributed by atoms with Gasteiger partial charge in [0, 0.05) is 58.4 Å². The minimum atomic E-state index is -4.23. The number of carbonyl (C=O) groups is 2. The van der Waals surface area contributed by atoms with Gasteiger partial charge in [-0.1, -0.05) is 6.07 Å². The molecule has 4 amide bonds. The smallest absolute Gasteiger partial charge is 0.378 e. The average molecular weight is 547 g/mol. The number of nitrogens with zero attached hydrogens (tertiary/aromatic N) is 5. The summed E-state index contributed by atoms with van der Waals surface area (Å²) in [7, 11) is 1.76. The molecule has 0 bridgehead atoms. The van der Waals surface area contributed by atoms with Crippen molar-refractivity contribution >= 4 is 29.4 Å². The lowest BCUT2D eigenvalue weighted by Gasteiger charge is -2.29. The Hall–Kier alpha value is -3.54. The van der Waals surface area contributed by atoms with E-state index < -0.39 is 24.5 Å². The standard InChI is InChI=1S/C27H33F3N6O3/c1-18-3-4-21(31-25(37)35-6-5-19(17-35)16-27(28,29)30)15-22(18)20-13-23(34-9-11-39-12-10-34)32-24(14-20)36-8-7-33(2)26(36)38/h3-4,13-15,19H,5-12,16-17H2,1-2H3,(H,31,37). The summed E-state index contributed by atoms with van der Waals surface area (Å²) in [6.45, 7) is 6.04. The molecule has 0 aliphatic carbocycles. The maximum Gasteiger partial charge on any atom is 0.389 e. The van der Waals surface area contributed by atoms with E-state index in [-0.39, 0.29) is 12.6 Å². The summed E-state index contributed by atoms with van der Waals surface area (Å²) in [6, 6.07) is 8.88. The summed E-state index contributed by atoms with van der Waals surface area (Å²) in [5, 5.41) is 2.86. The number of morpholine rings is 1. The number of amides is 4. The normalized spacial score (nSPS) is 20.2. The largest absolute Gasteiger partial charge is 0.389 e. The van der Waals surface area contributed by atoms with Crippen molar-refractivity contribution in [2.24, 2.45) is 5.92 Å². The number of halogens is 3. The second-order valence-electron chi connectivity index (χ2n) is 10.4. The molecular formula is C27H33F3N6O3. The quantitative estimate of drug-likeness (QED) is 0.594. The Kier molecular flexibility index (Phi) is 7.57. The first kappa shape index (κ1) is 27.0. The van der Waals surface area contributed by atoms with Gasteiger partial charge < -0.3 is 24.8 Å². The van der Waals surface area contributed by atoms with Gasteiger partial charge in [0.05, 0.1) is 13.2 Å². The van der Waals surface area contributed by atoms with Crippen molar-refractivity contribution in [3.05, 3.63) is 35.9 Å². The lowest BCUT2D eigenvalue weighted by molar-refractivity contribution is -0.143. The van der Waals surface area contributed by atoms with Crippen molar-refractivity contribution in [1.82, 2.24) is 14.8 Å². The van der Waals surface area contributed by atoms with Crippen LogP contribution in [-0.4, -0.2) is 92.6 Å². The van der Waals surface area contributed by atoms with Gasteiger partial charge in [-0.25, -0.2) is 14.6 Å². The number of benzene rings is 1. The van der Waals surface area contributed by atoms with E-state index in [4.69, 9.17) is 9.72 Å².